The first kappa shape index (κ1) is 16.9. The van der Waals surface area contributed by atoms with Gasteiger partial charge in [0.25, 0.3) is 0 Å². The average molecular weight is 290 g/mol. The van der Waals surface area contributed by atoms with Crippen molar-refractivity contribution in [2.45, 2.75) is 71.4 Å². The largest absolute Gasteiger partial charge is 0.311 e. The lowest BCUT2D eigenvalue weighted by Crippen LogP contribution is -2.47. The minimum Gasteiger partial charge on any atom is -0.311 e. The van der Waals surface area contributed by atoms with E-state index in [-0.39, 0.29) is 5.75 Å². The second-order valence-electron chi connectivity index (χ2n) is 5.70. The third-order valence-electron chi connectivity index (χ3n) is 3.82. The maximum absolute atomic E-state index is 12.0. The van der Waals surface area contributed by atoms with Gasteiger partial charge in [0.1, 0.15) is 0 Å². The van der Waals surface area contributed by atoms with E-state index in [0.29, 0.717) is 31.6 Å². The Bertz CT molecular complexity index is 335. The van der Waals surface area contributed by atoms with Crippen molar-refractivity contribution in [3.05, 3.63) is 0 Å². The lowest BCUT2D eigenvalue weighted by Gasteiger charge is -2.33. The second kappa shape index (κ2) is 8.22. The second-order valence-corrected chi connectivity index (χ2v) is 7.79. The fraction of sp³-hybridized carbons (Fsp3) is 1.00. The molecule has 0 saturated carbocycles. The van der Waals surface area contributed by atoms with Crippen molar-refractivity contribution < 1.29 is 8.42 Å². The SMILES string of the molecule is CCCCC(C)NC1CCN(S(=O)(=O)CCC)CC1. The van der Waals surface area contributed by atoms with Crippen LogP contribution in [0, 0.1) is 0 Å². The molecule has 0 amide bonds. The van der Waals surface area contributed by atoms with Gasteiger partial charge in [0.05, 0.1) is 5.75 Å². The van der Waals surface area contributed by atoms with Gasteiger partial charge < -0.3 is 5.32 Å². The third kappa shape index (κ3) is 5.79. The van der Waals surface area contributed by atoms with Crippen molar-refractivity contribution in [2.75, 3.05) is 18.8 Å². The lowest BCUT2D eigenvalue weighted by atomic mass is 10.0. The molecule has 5 heteroatoms. The van der Waals surface area contributed by atoms with Crippen LogP contribution in [-0.2, 0) is 10.0 Å². The van der Waals surface area contributed by atoms with Crippen molar-refractivity contribution >= 4 is 10.0 Å². The molecule has 1 atom stereocenters. The summed E-state index contributed by atoms with van der Waals surface area (Å²) in [7, 11) is -2.99. The molecule has 0 radical (unpaired) electrons. The molecule has 1 unspecified atom stereocenters. The fourth-order valence-electron chi connectivity index (χ4n) is 2.68. The summed E-state index contributed by atoms with van der Waals surface area (Å²) in [6.45, 7) is 7.72. The summed E-state index contributed by atoms with van der Waals surface area (Å²) >= 11 is 0. The van der Waals surface area contributed by atoms with E-state index in [1.165, 1.54) is 19.3 Å². The summed E-state index contributed by atoms with van der Waals surface area (Å²) in [4.78, 5) is 0. The van der Waals surface area contributed by atoms with Crippen LogP contribution in [0.5, 0.6) is 0 Å². The monoisotopic (exact) mass is 290 g/mol. The van der Waals surface area contributed by atoms with Crippen molar-refractivity contribution in [2.24, 2.45) is 0 Å². The molecule has 1 fully saturated rings. The molecule has 4 nitrogen and oxygen atoms in total. The zero-order valence-corrected chi connectivity index (χ0v) is 13.5. The van der Waals surface area contributed by atoms with Gasteiger partial charge in [-0.1, -0.05) is 26.7 Å². The van der Waals surface area contributed by atoms with Gasteiger partial charge >= 0.3 is 0 Å². The Morgan fingerprint density at radius 2 is 1.84 bits per heavy atom. The molecule has 19 heavy (non-hydrogen) atoms. The van der Waals surface area contributed by atoms with Gasteiger partial charge in [-0.3, -0.25) is 0 Å². The Morgan fingerprint density at radius 3 is 2.37 bits per heavy atom. The molecule has 0 aliphatic carbocycles. The molecule has 0 aromatic carbocycles. The molecule has 0 spiro atoms. The van der Waals surface area contributed by atoms with E-state index in [1.807, 2.05) is 6.92 Å². The van der Waals surface area contributed by atoms with Crippen LogP contribution < -0.4 is 5.32 Å². The Labute approximate surface area is 119 Å². The maximum atomic E-state index is 12.0. The summed E-state index contributed by atoms with van der Waals surface area (Å²) in [6, 6.07) is 1.03. The third-order valence-corrected chi connectivity index (χ3v) is 5.90. The average Bonchev–Trinajstić information content (AvgIpc) is 2.37. The van der Waals surface area contributed by atoms with Crippen LogP contribution in [0.25, 0.3) is 0 Å². The number of rotatable bonds is 8. The zero-order chi connectivity index (χ0) is 14.3. The Morgan fingerprint density at radius 1 is 1.21 bits per heavy atom. The van der Waals surface area contributed by atoms with E-state index in [0.717, 1.165) is 12.8 Å². The van der Waals surface area contributed by atoms with Crippen molar-refractivity contribution in [1.82, 2.24) is 9.62 Å². The summed E-state index contributed by atoms with van der Waals surface area (Å²) < 4.78 is 25.6. The number of nitrogens with one attached hydrogen (secondary N) is 1. The molecule has 1 N–H and O–H groups in total. The summed E-state index contributed by atoms with van der Waals surface area (Å²) in [5.74, 6) is 0.290. The van der Waals surface area contributed by atoms with Gasteiger partial charge in [-0.05, 0) is 32.6 Å². The van der Waals surface area contributed by atoms with E-state index in [2.05, 4.69) is 19.2 Å². The molecule has 1 aliphatic heterocycles. The van der Waals surface area contributed by atoms with E-state index < -0.39 is 10.0 Å². The number of hydrogen-bond acceptors (Lipinski definition) is 3. The highest BCUT2D eigenvalue weighted by Gasteiger charge is 2.27. The zero-order valence-electron chi connectivity index (χ0n) is 12.7. The number of nitrogens with zero attached hydrogens (tertiary/aromatic N) is 1. The molecule has 1 saturated heterocycles. The normalized spacial score (nSPS) is 20.6. The van der Waals surface area contributed by atoms with Gasteiger partial charge in [-0.2, -0.15) is 0 Å². The molecule has 0 bridgehead atoms. The standard InChI is InChI=1S/C14H30N2O2S/c1-4-6-7-13(3)15-14-8-10-16(11-9-14)19(17,18)12-5-2/h13-15H,4-12H2,1-3H3. The van der Waals surface area contributed by atoms with Crippen molar-refractivity contribution in [1.29, 1.82) is 0 Å². The Kier molecular flexibility index (Phi) is 7.32. The summed E-state index contributed by atoms with van der Waals surface area (Å²) in [5, 5.41) is 3.64. The molecule has 0 aromatic heterocycles. The smallest absolute Gasteiger partial charge is 0.214 e. The first-order valence-electron chi connectivity index (χ1n) is 7.73. The summed E-state index contributed by atoms with van der Waals surface area (Å²) in [6.07, 6.45) is 6.30. The summed E-state index contributed by atoms with van der Waals surface area (Å²) in [5.41, 5.74) is 0. The van der Waals surface area contributed by atoms with E-state index in [1.54, 1.807) is 4.31 Å². The van der Waals surface area contributed by atoms with Crippen LogP contribution in [0.3, 0.4) is 0 Å². The van der Waals surface area contributed by atoms with Gasteiger partial charge in [0.2, 0.25) is 10.0 Å². The maximum Gasteiger partial charge on any atom is 0.214 e. The molecule has 0 aromatic rings. The Balaban J connectivity index is 2.33. The molecule has 1 aliphatic rings. The highest BCUT2D eigenvalue weighted by atomic mass is 32.2. The van der Waals surface area contributed by atoms with E-state index in [9.17, 15) is 8.42 Å². The van der Waals surface area contributed by atoms with E-state index in [4.69, 9.17) is 0 Å². The van der Waals surface area contributed by atoms with Crippen LogP contribution in [0.15, 0.2) is 0 Å². The van der Waals surface area contributed by atoms with Crippen LogP contribution in [0.1, 0.15) is 59.3 Å². The number of piperidine rings is 1. The first-order chi connectivity index (χ1) is 8.99. The quantitative estimate of drug-likeness (QED) is 0.746. The van der Waals surface area contributed by atoms with Gasteiger partial charge in [-0.25, -0.2) is 12.7 Å². The van der Waals surface area contributed by atoms with Crippen molar-refractivity contribution in [3.63, 3.8) is 0 Å². The van der Waals surface area contributed by atoms with Crippen molar-refractivity contribution in [3.8, 4) is 0 Å². The molecular weight excluding hydrogens is 260 g/mol. The molecule has 114 valence electrons. The van der Waals surface area contributed by atoms with Gasteiger partial charge in [0, 0.05) is 25.2 Å². The number of sulfonamides is 1. The van der Waals surface area contributed by atoms with Crippen LogP contribution >= 0.6 is 0 Å². The lowest BCUT2D eigenvalue weighted by molar-refractivity contribution is 0.272. The highest BCUT2D eigenvalue weighted by molar-refractivity contribution is 7.89. The number of unbranched alkanes of at least 4 members (excludes halogenated alkanes) is 1. The molecule has 1 heterocycles. The van der Waals surface area contributed by atoms with E-state index >= 15 is 0 Å². The topological polar surface area (TPSA) is 49.4 Å². The van der Waals surface area contributed by atoms with Gasteiger partial charge in [0.15, 0.2) is 0 Å². The van der Waals surface area contributed by atoms with Crippen LogP contribution in [0.4, 0.5) is 0 Å². The molecule has 1 rings (SSSR count). The first-order valence-corrected chi connectivity index (χ1v) is 9.34. The predicted molar refractivity (Wildman–Crippen MR) is 80.8 cm³/mol. The molecular formula is C14H30N2O2S. The van der Waals surface area contributed by atoms with Crippen LogP contribution in [0.2, 0.25) is 0 Å². The predicted octanol–water partition coefficient (Wildman–Crippen LogP) is 2.36. The minimum absolute atomic E-state index is 0.290. The van der Waals surface area contributed by atoms with Crippen LogP contribution in [-0.4, -0.2) is 43.6 Å². The Hall–Kier alpha value is -0.130. The number of hydrogen-bond donors (Lipinski definition) is 1. The minimum atomic E-state index is -2.99. The van der Waals surface area contributed by atoms with Gasteiger partial charge in [-0.15, -0.1) is 0 Å². The highest BCUT2D eigenvalue weighted by Crippen LogP contribution is 2.16. The fourth-order valence-corrected chi connectivity index (χ4v) is 4.22.